The van der Waals surface area contributed by atoms with Gasteiger partial charge >= 0.3 is 0 Å². The molecule has 94 valence electrons. The third-order valence-corrected chi connectivity index (χ3v) is 3.54. The lowest BCUT2D eigenvalue weighted by Crippen LogP contribution is -2.23. The zero-order chi connectivity index (χ0) is 12.3. The number of nitrogens with zero attached hydrogens (tertiary/aromatic N) is 1. The number of rotatable bonds is 6. The summed E-state index contributed by atoms with van der Waals surface area (Å²) in [6, 6.07) is 7.64. The first-order valence-electron chi connectivity index (χ1n) is 6.82. The van der Waals surface area contributed by atoms with E-state index in [1.807, 2.05) is 0 Å². The van der Waals surface area contributed by atoms with E-state index >= 15 is 0 Å². The van der Waals surface area contributed by atoms with Gasteiger partial charge in [-0.05, 0) is 50.8 Å². The molecule has 17 heavy (non-hydrogen) atoms. The molecule has 0 heterocycles. The Morgan fingerprint density at radius 1 is 1.24 bits per heavy atom. The maximum Gasteiger partial charge on any atom is 0.0395 e. The highest BCUT2D eigenvalue weighted by Crippen LogP contribution is 2.23. The van der Waals surface area contributed by atoms with Gasteiger partial charge in [0.25, 0.3) is 0 Å². The van der Waals surface area contributed by atoms with Crippen LogP contribution in [0.25, 0.3) is 0 Å². The van der Waals surface area contributed by atoms with Crippen molar-refractivity contribution in [2.45, 2.75) is 46.2 Å². The van der Waals surface area contributed by atoms with Crippen molar-refractivity contribution in [3.63, 3.8) is 0 Å². The Kier molecular flexibility index (Phi) is 4.06. The molecular formula is C15H24N2. The molecule has 0 spiro atoms. The van der Waals surface area contributed by atoms with E-state index in [4.69, 9.17) is 0 Å². The van der Waals surface area contributed by atoms with Gasteiger partial charge in [0, 0.05) is 31.4 Å². The Hall–Kier alpha value is -1.02. The van der Waals surface area contributed by atoms with Crippen molar-refractivity contribution in [1.29, 1.82) is 0 Å². The van der Waals surface area contributed by atoms with Crippen molar-refractivity contribution in [3.8, 4) is 0 Å². The van der Waals surface area contributed by atoms with E-state index in [-0.39, 0.29) is 0 Å². The average molecular weight is 232 g/mol. The summed E-state index contributed by atoms with van der Waals surface area (Å²) in [6.45, 7) is 9.82. The second kappa shape index (κ2) is 5.54. The van der Waals surface area contributed by atoms with Crippen LogP contribution in [0.1, 0.15) is 37.8 Å². The first kappa shape index (κ1) is 12.4. The fourth-order valence-corrected chi connectivity index (χ4v) is 2.30. The van der Waals surface area contributed by atoms with Gasteiger partial charge in [0.05, 0.1) is 0 Å². The zero-order valence-corrected chi connectivity index (χ0v) is 11.3. The van der Waals surface area contributed by atoms with Gasteiger partial charge < -0.3 is 10.2 Å². The zero-order valence-electron chi connectivity index (χ0n) is 11.3. The number of aryl methyl sites for hydroxylation is 1. The fourth-order valence-electron chi connectivity index (χ4n) is 2.30. The molecule has 1 aromatic rings. The maximum absolute atomic E-state index is 3.56. The molecule has 1 aromatic carbocycles. The van der Waals surface area contributed by atoms with Gasteiger partial charge in [-0.3, -0.25) is 0 Å². The van der Waals surface area contributed by atoms with E-state index in [0.717, 1.165) is 25.7 Å². The minimum Gasteiger partial charge on any atom is -0.372 e. The summed E-state index contributed by atoms with van der Waals surface area (Å²) in [6.07, 6.45) is 2.72. The molecule has 0 amide bonds. The van der Waals surface area contributed by atoms with Crippen LogP contribution in [0.3, 0.4) is 0 Å². The molecule has 0 radical (unpaired) electrons. The van der Waals surface area contributed by atoms with Gasteiger partial charge in [0.1, 0.15) is 0 Å². The van der Waals surface area contributed by atoms with Crippen LogP contribution >= 0.6 is 0 Å². The molecule has 1 N–H and O–H groups in total. The van der Waals surface area contributed by atoms with Crippen molar-refractivity contribution in [2.24, 2.45) is 0 Å². The first-order valence-corrected chi connectivity index (χ1v) is 6.82. The SMILES string of the molecule is CCN(CC)c1ccc(CNC2CC2)cc1C. The Bertz CT molecular complexity index is 365. The summed E-state index contributed by atoms with van der Waals surface area (Å²) in [5.74, 6) is 0. The molecule has 1 saturated carbocycles. The second-order valence-electron chi connectivity index (χ2n) is 4.95. The van der Waals surface area contributed by atoms with Gasteiger partial charge in [-0.25, -0.2) is 0 Å². The van der Waals surface area contributed by atoms with Crippen molar-refractivity contribution in [3.05, 3.63) is 29.3 Å². The minimum absolute atomic E-state index is 0.790. The Morgan fingerprint density at radius 2 is 1.94 bits per heavy atom. The van der Waals surface area contributed by atoms with Crippen LogP contribution in [0, 0.1) is 6.92 Å². The number of benzene rings is 1. The molecule has 2 nitrogen and oxygen atoms in total. The molecule has 2 rings (SSSR count). The van der Waals surface area contributed by atoms with Crippen LogP contribution in [-0.4, -0.2) is 19.1 Å². The normalized spacial score (nSPS) is 15.0. The fraction of sp³-hybridized carbons (Fsp3) is 0.600. The summed E-state index contributed by atoms with van der Waals surface area (Å²) >= 11 is 0. The van der Waals surface area contributed by atoms with Crippen LogP contribution in [0.15, 0.2) is 18.2 Å². The molecule has 1 fully saturated rings. The molecule has 2 heteroatoms. The van der Waals surface area contributed by atoms with Gasteiger partial charge in [0.15, 0.2) is 0 Å². The van der Waals surface area contributed by atoms with Gasteiger partial charge in [-0.15, -0.1) is 0 Å². The molecule has 0 atom stereocenters. The Morgan fingerprint density at radius 3 is 2.47 bits per heavy atom. The lowest BCUT2D eigenvalue weighted by molar-refractivity contribution is 0.687. The number of nitrogens with one attached hydrogen (secondary N) is 1. The highest BCUT2D eigenvalue weighted by Gasteiger charge is 2.19. The van der Waals surface area contributed by atoms with Crippen LogP contribution in [0.5, 0.6) is 0 Å². The average Bonchev–Trinajstić information content (AvgIpc) is 3.14. The minimum atomic E-state index is 0.790. The lowest BCUT2D eigenvalue weighted by Gasteiger charge is -2.23. The monoisotopic (exact) mass is 232 g/mol. The lowest BCUT2D eigenvalue weighted by atomic mass is 10.1. The largest absolute Gasteiger partial charge is 0.372 e. The smallest absolute Gasteiger partial charge is 0.0395 e. The van der Waals surface area contributed by atoms with Crippen LogP contribution in [0.2, 0.25) is 0 Å². The van der Waals surface area contributed by atoms with Crippen molar-refractivity contribution in [1.82, 2.24) is 5.32 Å². The number of anilines is 1. The number of hydrogen-bond acceptors (Lipinski definition) is 2. The van der Waals surface area contributed by atoms with Crippen LogP contribution in [0.4, 0.5) is 5.69 Å². The van der Waals surface area contributed by atoms with Gasteiger partial charge in [0.2, 0.25) is 0 Å². The van der Waals surface area contributed by atoms with E-state index in [1.165, 1.54) is 29.7 Å². The molecular weight excluding hydrogens is 208 g/mol. The van der Waals surface area contributed by atoms with E-state index in [0.29, 0.717) is 0 Å². The quantitative estimate of drug-likeness (QED) is 0.811. The summed E-state index contributed by atoms with van der Waals surface area (Å²) in [7, 11) is 0. The van der Waals surface area contributed by atoms with Crippen molar-refractivity contribution < 1.29 is 0 Å². The van der Waals surface area contributed by atoms with Crippen molar-refractivity contribution in [2.75, 3.05) is 18.0 Å². The van der Waals surface area contributed by atoms with E-state index in [2.05, 4.69) is 49.2 Å². The van der Waals surface area contributed by atoms with Crippen LogP contribution in [-0.2, 0) is 6.54 Å². The van der Waals surface area contributed by atoms with Gasteiger partial charge in [-0.2, -0.15) is 0 Å². The highest BCUT2D eigenvalue weighted by molar-refractivity contribution is 5.54. The van der Waals surface area contributed by atoms with Crippen molar-refractivity contribution >= 4 is 5.69 Å². The van der Waals surface area contributed by atoms with E-state index in [9.17, 15) is 0 Å². The predicted octanol–water partition coefficient (Wildman–Crippen LogP) is 3.09. The standard InChI is InChI=1S/C15H24N2/c1-4-17(5-2)15-9-6-13(10-12(15)3)11-16-14-7-8-14/h6,9-10,14,16H,4-5,7-8,11H2,1-3H3. The predicted molar refractivity (Wildman–Crippen MR) is 74.6 cm³/mol. The van der Waals surface area contributed by atoms with Gasteiger partial charge in [-0.1, -0.05) is 12.1 Å². The summed E-state index contributed by atoms with van der Waals surface area (Å²) in [4.78, 5) is 2.41. The molecule has 0 saturated heterocycles. The summed E-state index contributed by atoms with van der Waals surface area (Å²) < 4.78 is 0. The molecule has 0 aliphatic heterocycles. The molecule has 0 aromatic heterocycles. The Balaban J connectivity index is 2.04. The molecule has 0 bridgehead atoms. The third kappa shape index (κ3) is 3.22. The second-order valence-corrected chi connectivity index (χ2v) is 4.95. The van der Waals surface area contributed by atoms with E-state index < -0.39 is 0 Å². The van der Waals surface area contributed by atoms with E-state index in [1.54, 1.807) is 0 Å². The molecule has 0 unspecified atom stereocenters. The third-order valence-electron chi connectivity index (χ3n) is 3.54. The summed E-state index contributed by atoms with van der Waals surface area (Å²) in [5.41, 5.74) is 4.18. The number of hydrogen-bond donors (Lipinski definition) is 1. The maximum atomic E-state index is 3.56. The molecule has 1 aliphatic rings. The summed E-state index contributed by atoms with van der Waals surface area (Å²) in [5, 5.41) is 3.56. The highest BCUT2D eigenvalue weighted by atomic mass is 15.1. The first-order chi connectivity index (χ1) is 8.24. The Labute approximate surface area is 105 Å². The topological polar surface area (TPSA) is 15.3 Å². The molecule has 1 aliphatic carbocycles. The van der Waals surface area contributed by atoms with Crippen LogP contribution < -0.4 is 10.2 Å².